The molecule has 0 saturated carbocycles. The SMILES string of the molecule is CCOOCC(C#N)C1SCCS1. The van der Waals surface area contributed by atoms with Crippen LogP contribution in [0, 0.1) is 17.2 Å². The second-order valence-corrected chi connectivity index (χ2v) is 5.33. The third-order valence-corrected chi connectivity index (χ3v) is 4.86. The van der Waals surface area contributed by atoms with Gasteiger partial charge in [-0.25, -0.2) is 9.78 Å². The molecule has 0 N–H and O–H groups in total. The number of nitriles is 1. The van der Waals surface area contributed by atoms with E-state index in [1.54, 1.807) is 0 Å². The van der Waals surface area contributed by atoms with Gasteiger partial charge in [0.1, 0.15) is 0 Å². The molecule has 1 aliphatic rings. The van der Waals surface area contributed by atoms with Crippen molar-refractivity contribution in [3.63, 3.8) is 0 Å². The van der Waals surface area contributed by atoms with Gasteiger partial charge in [0.2, 0.25) is 0 Å². The molecule has 0 aromatic carbocycles. The minimum absolute atomic E-state index is 0.0518. The molecule has 13 heavy (non-hydrogen) atoms. The van der Waals surface area contributed by atoms with Crippen LogP contribution in [0.4, 0.5) is 0 Å². The molecule has 0 amide bonds. The van der Waals surface area contributed by atoms with Gasteiger partial charge >= 0.3 is 0 Å². The maximum absolute atomic E-state index is 8.87. The third kappa shape index (κ3) is 3.77. The molecule has 0 bridgehead atoms. The summed E-state index contributed by atoms with van der Waals surface area (Å²) in [6.45, 7) is 2.78. The fourth-order valence-electron chi connectivity index (χ4n) is 0.990. The number of nitrogens with zero attached hydrogens (tertiary/aromatic N) is 1. The zero-order valence-corrected chi connectivity index (χ0v) is 9.20. The van der Waals surface area contributed by atoms with Gasteiger partial charge < -0.3 is 0 Å². The van der Waals surface area contributed by atoms with Gasteiger partial charge in [0.15, 0.2) is 0 Å². The summed E-state index contributed by atoms with van der Waals surface area (Å²) in [5, 5.41) is 8.87. The first kappa shape index (κ1) is 11.2. The maximum atomic E-state index is 8.87. The van der Waals surface area contributed by atoms with Crippen molar-refractivity contribution in [3.05, 3.63) is 0 Å². The van der Waals surface area contributed by atoms with Gasteiger partial charge in [-0.3, -0.25) is 0 Å². The molecule has 0 aromatic rings. The Balaban J connectivity index is 2.22. The molecule has 0 aromatic heterocycles. The lowest BCUT2D eigenvalue weighted by Crippen LogP contribution is -2.16. The average molecular weight is 219 g/mol. The van der Waals surface area contributed by atoms with Crippen molar-refractivity contribution in [1.82, 2.24) is 0 Å². The van der Waals surface area contributed by atoms with Gasteiger partial charge in [0, 0.05) is 11.5 Å². The zero-order chi connectivity index (χ0) is 9.52. The first-order valence-corrected chi connectivity index (χ1v) is 6.35. The molecule has 1 heterocycles. The van der Waals surface area contributed by atoms with Gasteiger partial charge in [-0.1, -0.05) is 0 Å². The van der Waals surface area contributed by atoms with E-state index in [0.717, 1.165) is 11.5 Å². The Hall–Kier alpha value is 0.110. The Labute approximate surface area is 87.1 Å². The van der Waals surface area contributed by atoms with Crippen LogP contribution < -0.4 is 0 Å². The quantitative estimate of drug-likeness (QED) is 0.401. The molecule has 0 aliphatic carbocycles. The van der Waals surface area contributed by atoms with Gasteiger partial charge in [-0.2, -0.15) is 5.26 Å². The lowest BCUT2D eigenvalue weighted by atomic mass is 10.2. The molecule has 74 valence electrons. The topological polar surface area (TPSA) is 42.2 Å². The fourth-order valence-corrected chi connectivity index (χ4v) is 3.93. The number of thioether (sulfide) groups is 2. The van der Waals surface area contributed by atoms with Crippen molar-refractivity contribution in [1.29, 1.82) is 5.26 Å². The summed E-state index contributed by atoms with van der Waals surface area (Å²) in [6.07, 6.45) is 0. The van der Waals surface area contributed by atoms with E-state index in [1.807, 2.05) is 30.4 Å². The van der Waals surface area contributed by atoms with Crippen LogP contribution in [0.25, 0.3) is 0 Å². The predicted molar refractivity (Wildman–Crippen MR) is 55.4 cm³/mol. The Morgan fingerprint density at radius 1 is 1.46 bits per heavy atom. The number of hydrogen-bond donors (Lipinski definition) is 0. The molecule has 1 fully saturated rings. The third-order valence-electron chi connectivity index (χ3n) is 1.59. The number of rotatable bonds is 5. The number of hydrogen-bond acceptors (Lipinski definition) is 5. The van der Waals surface area contributed by atoms with Crippen molar-refractivity contribution >= 4 is 23.5 Å². The summed E-state index contributed by atoms with van der Waals surface area (Å²) in [5.74, 6) is 2.23. The lowest BCUT2D eigenvalue weighted by molar-refractivity contribution is -0.294. The molecule has 1 rings (SSSR count). The van der Waals surface area contributed by atoms with Crippen molar-refractivity contribution in [2.24, 2.45) is 5.92 Å². The van der Waals surface area contributed by atoms with Crippen molar-refractivity contribution < 1.29 is 9.78 Å². The molecule has 1 aliphatic heterocycles. The van der Waals surface area contributed by atoms with Crippen LogP contribution >= 0.6 is 23.5 Å². The minimum atomic E-state index is -0.0518. The molecular weight excluding hydrogens is 206 g/mol. The first-order chi connectivity index (χ1) is 6.38. The van der Waals surface area contributed by atoms with E-state index < -0.39 is 0 Å². The van der Waals surface area contributed by atoms with Gasteiger partial charge in [-0.15, -0.1) is 23.5 Å². The molecule has 1 atom stereocenters. The summed E-state index contributed by atoms with van der Waals surface area (Å²) in [6, 6.07) is 2.26. The van der Waals surface area contributed by atoms with Gasteiger partial charge in [-0.05, 0) is 6.92 Å². The van der Waals surface area contributed by atoms with Crippen LogP contribution in [0.15, 0.2) is 0 Å². The van der Waals surface area contributed by atoms with Crippen LogP contribution in [0.5, 0.6) is 0 Å². The van der Waals surface area contributed by atoms with Crippen LogP contribution in [0.1, 0.15) is 6.92 Å². The Bertz CT molecular complexity index is 177. The van der Waals surface area contributed by atoms with E-state index in [0.29, 0.717) is 17.8 Å². The highest BCUT2D eigenvalue weighted by atomic mass is 32.2. The summed E-state index contributed by atoms with van der Waals surface area (Å²) < 4.78 is 0.366. The Kier molecular flexibility index (Phi) is 5.63. The van der Waals surface area contributed by atoms with E-state index in [9.17, 15) is 0 Å². The smallest absolute Gasteiger partial charge is 0.0999 e. The molecule has 0 radical (unpaired) electrons. The second-order valence-electron chi connectivity index (χ2n) is 2.54. The highest BCUT2D eigenvalue weighted by Crippen LogP contribution is 2.37. The molecule has 0 spiro atoms. The minimum Gasteiger partial charge on any atom is -0.237 e. The molecule has 3 nitrogen and oxygen atoms in total. The predicted octanol–water partition coefficient (Wildman–Crippen LogP) is 1.90. The highest BCUT2D eigenvalue weighted by molar-refractivity contribution is 8.20. The van der Waals surface area contributed by atoms with Crippen LogP contribution in [-0.4, -0.2) is 29.3 Å². The summed E-state index contributed by atoms with van der Waals surface area (Å²) in [5.41, 5.74) is 0. The van der Waals surface area contributed by atoms with Gasteiger partial charge in [0.25, 0.3) is 0 Å². The van der Waals surface area contributed by atoms with Crippen molar-refractivity contribution in [2.45, 2.75) is 11.5 Å². The summed E-state index contributed by atoms with van der Waals surface area (Å²) >= 11 is 3.68. The second kappa shape index (κ2) is 6.55. The van der Waals surface area contributed by atoms with E-state index >= 15 is 0 Å². The van der Waals surface area contributed by atoms with Crippen molar-refractivity contribution in [2.75, 3.05) is 24.7 Å². The molecule has 1 saturated heterocycles. The first-order valence-electron chi connectivity index (χ1n) is 4.25. The maximum Gasteiger partial charge on any atom is 0.0999 e. The standard InChI is InChI=1S/C8H13NO2S2/c1-2-10-11-6-7(5-9)8-12-3-4-13-8/h7-8H,2-4,6H2,1H3. The van der Waals surface area contributed by atoms with E-state index in [2.05, 4.69) is 6.07 Å². The van der Waals surface area contributed by atoms with Crippen LogP contribution in [0.2, 0.25) is 0 Å². The van der Waals surface area contributed by atoms with E-state index in [4.69, 9.17) is 15.0 Å². The molecule has 5 heteroatoms. The lowest BCUT2D eigenvalue weighted by Gasteiger charge is -2.13. The Morgan fingerprint density at radius 2 is 2.15 bits per heavy atom. The fraction of sp³-hybridized carbons (Fsp3) is 0.875. The monoisotopic (exact) mass is 219 g/mol. The summed E-state index contributed by atoms with van der Waals surface area (Å²) in [7, 11) is 0. The largest absolute Gasteiger partial charge is 0.237 e. The average Bonchev–Trinajstić information content (AvgIpc) is 2.65. The van der Waals surface area contributed by atoms with Crippen LogP contribution in [-0.2, 0) is 9.78 Å². The van der Waals surface area contributed by atoms with Crippen molar-refractivity contribution in [3.8, 4) is 6.07 Å². The summed E-state index contributed by atoms with van der Waals surface area (Å²) in [4.78, 5) is 9.65. The Morgan fingerprint density at radius 3 is 2.69 bits per heavy atom. The van der Waals surface area contributed by atoms with Gasteiger partial charge in [0.05, 0.1) is 29.8 Å². The van der Waals surface area contributed by atoms with E-state index in [-0.39, 0.29) is 5.92 Å². The zero-order valence-electron chi connectivity index (χ0n) is 7.56. The molecular formula is C8H13NO2S2. The van der Waals surface area contributed by atoms with E-state index in [1.165, 1.54) is 0 Å². The van der Waals surface area contributed by atoms with Crippen LogP contribution in [0.3, 0.4) is 0 Å². The normalized spacial score (nSPS) is 20.0. The molecule has 1 unspecified atom stereocenters. The highest BCUT2D eigenvalue weighted by Gasteiger charge is 2.26.